The number of rotatable bonds is 15. The van der Waals surface area contributed by atoms with Gasteiger partial charge < -0.3 is 40.6 Å². The van der Waals surface area contributed by atoms with Gasteiger partial charge in [-0.25, -0.2) is 4.79 Å². The van der Waals surface area contributed by atoms with E-state index in [1.54, 1.807) is 30.3 Å². The number of benzene rings is 2. The lowest BCUT2D eigenvalue weighted by Gasteiger charge is -2.17. The van der Waals surface area contributed by atoms with Gasteiger partial charge in [-0.1, -0.05) is 24.3 Å². The van der Waals surface area contributed by atoms with Gasteiger partial charge in [-0.3, -0.25) is 19.4 Å². The number of amides is 4. The van der Waals surface area contributed by atoms with Crippen LogP contribution in [0.15, 0.2) is 60.8 Å². The molecule has 3 rings (SSSR count). The minimum absolute atomic E-state index is 0.00850. The van der Waals surface area contributed by atoms with E-state index in [9.17, 15) is 24.3 Å². The summed E-state index contributed by atoms with van der Waals surface area (Å²) in [5.41, 5.74) is 3.37. The molecular formula is C30H35N5O8. The number of aromatic nitrogens is 1. The van der Waals surface area contributed by atoms with Gasteiger partial charge in [0.05, 0.1) is 62.5 Å². The van der Waals surface area contributed by atoms with Crippen molar-refractivity contribution in [3.8, 4) is 5.75 Å². The summed E-state index contributed by atoms with van der Waals surface area (Å²) in [6, 6.07) is 14.2. The molecule has 3 aromatic rings. The quantitative estimate of drug-likeness (QED) is 0.165. The minimum Gasteiger partial charge on any atom is -0.495 e. The van der Waals surface area contributed by atoms with E-state index in [0.717, 1.165) is 5.56 Å². The number of pyridine rings is 1. The molecule has 0 bridgehead atoms. The third kappa shape index (κ3) is 10.7. The fourth-order valence-corrected chi connectivity index (χ4v) is 3.96. The van der Waals surface area contributed by atoms with Gasteiger partial charge in [-0.05, 0) is 48.4 Å². The molecule has 1 atom stereocenters. The molecule has 0 saturated carbocycles. The van der Waals surface area contributed by atoms with Crippen molar-refractivity contribution in [2.24, 2.45) is 0 Å². The molecule has 0 saturated heterocycles. The molecule has 228 valence electrons. The van der Waals surface area contributed by atoms with Gasteiger partial charge in [-0.15, -0.1) is 0 Å². The van der Waals surface area contributed by atoms with Gasteiger partial charge in [0, 0.05) is 12.8 Å². The molecule has 1 unspecified atom stereocenters. The van der Waals surface area contributed by atoms with Crippen molar-refractivity contribution in [1.82, 2.24) is 10.3 Å². The van der Waals surface area contributed by atoms with Crippen LogP contribution in [-0.4, -0.2) is 67.9 Å². The standard InChI is InChI=1S/C30H35N5O8/c1-19-6-4-5-7-22(19)34-30(40)35-24-10-8-20(14-26(24)42-3)15-27(36)32-21-9-11-23(31-17-21)25(16-29(38)39)33-28(37)18-43-13-12-41-2/h4-11,14,17,25H,12-13,15-16,18H2,1-3H3,(H,32,36)(H,33,37)(H,38,39)(H2,34,35,40). The lowest BCUT2D eigenvalue weighted by atomic mass is 10.1. The molecule has 0 radical (unpaired) electrons. The number of hydrogen-bond donors (Lipinski definition) is 5. The molecule has 0 aliphatic carbocycles. The van der Waals surface area contributed by atoms with Gasteiger partial charge in [-0.2, -0.15) is 0 Å². The van der Waals surface area contributed by atoms with Crippen molar-refractivity contribution in [3.05, 3.63) is 77.6 Å². The normalized spacial score (nSPS) is 11.2. The Labute approximate surface area is 248 Å². The van der Waals surface area contributed by atoms with E-state index >= 15 is 0 Å². The molecule has 1 aromatic heterocycles. The summed E-state index contributed by atoms with van der Waals surface area (Å²) in [5.74, 6) is -1.57. The van der Waals surface area contributed by atoms with Crippen LogP contribution in [0.1, 0.15) is 29.3 Å². The van der Waals surface area contributed by atoms with E-state index in [2.05, 4.69) is 26.3 Å². The summed E-state index contributed by atoms with van der Waals surface area (Å²) >= 11 is 0. The SMILES string of the molecule is COCCOCC(=O)NC(CC(=O)O)c1ccc(NC(=O)Cc2ccc(NC(=O)Nc3ccccc3C)c(OC)c2)cn1. The summed E-state index contributed by atoms with van der Waals surface area (Å²) < 4.78 is 15.4. The first kappa shape index (κ1) is 32.5. The Hall–Kier alpha value is -5.01. The number of aryl methyl sites for hydroxylation is 1. The zero-order chi connectivity index (χ0) is 31.2. The number of carbonyl (C=O) groups is 4. The number of anilines is 3. The highest BCUT2D eigenvalue weighted by Crippen LogP contribution is 2.26. The molecule has 0 aliphatic rings. The molecule has 1 heterocycles. The van der Waals surface area contributed by atoms with Gasteiger partial charge >= 0.3 is 12.0 Å². The zero-order valence-corrected chi connectivity index (χ0v) is 24.1. The lowest BCUT2D eigenvalue weighted by molar-refractivity contribution is -0.138. The van der Waals surface area contributed by atoms with Crippen LogP contribution in [-0.2, 0) is 30.3 Å². The van der Waals surface area contributed by atoms with Crippen molar-refractivity contribution in [2.45, 2.75) is 25.8 Å². The summed E-state index contributed by atoms with van der Waals surface area (Å²) in [6.07, 6.45) is 1.00. The van der Waals surface area contributed by atoms with Crippen LogP contribution < -0.4 is 26.0 Å². The van der Waals surface area contributed by atoms with Gasteiger partial charge in [0.15, 0.2) is 0 Å². The predicted molar refractivity (Wildman–Crippen MR) is 159 cm³/mol. The number of aliphatic carboxylic acids is 1. The maximum Gasteiger partial charge on any atom is 0.323 e. The van der Waals surface area contributed by atoms with Crippen LogP contribution in [0.3, 0.4) is 0 Å². The Kier molecular flexibility index (Phi) is 12.4. The number of carboxylic acids is 1. The van der Waals surface area contributed by atoms with Crippen molar-refractivity contribution in [2.75, 3.05) is 50.0 Å². The van der Waals surface area contributed by atoms with E-state index in [1.807, 2.05) is 25.1 Å². The lowest BCUT2D eigenvalue weighted by Crippen LogP contribution is -2.33. The number of carbonyl (C=O) groups excluding carboxylic acids is 3. The van der Waals surface area contributed by atoms with E-state index in [4.69, 9.17) is 14.2 Å². The molecule has 0 spiro atoms. The monoisotopic (exact) mass is 593 g/mol. The maximum absolute atomic E-state index is 12.7. The third-order valence-corrected chi connectivity index (χ3v) is 6.08. The first-order valence-corrected chi connectivity index (χ1v) is 13.3. The summed E-state index contributed by atoms with van der Waals surface area (Å²) in [5, 5.41) is 20.1. The highest BCUT2D eigenvalue weighted by Gasteiger charge is 2.20. The largest absolute Gasteiger partial charge is 0.495 e. The first-order chi connectivity index (χ1) is 20.7. The molecular weight excluding hydrogens is 558 g/mol. The van der Waals surface area contributed by atoms with E-state index in [0.29, 0.717) is 40.7 Å². The fourth-order valence-electron chi connectivity index (χ4n) is 3.96. The molecule has 0 aliphatic heterocycles. The van der Waals surface area contributed by atoms with Crippen LogP contribution >= 0.6 is 0 Å². The highest BCUT2D eigenvalue weighted by molar-refractivity contribution is 6.01. The Morgan fingerprint density at radius 2 is 1.67 bits per heavy atom. The number of para-hydroxylation sites is 1. The number of hydrogen-bond acceptors (Lipinski definition) is 8. The van der Waals surface area contributed by atoms with Crippen LogP contribution in [0.2, 0.25) is 0 Å². The second-order valence-corrected chi connectivity index (χ2v) is 9.39. The highest BCUT2D eigenvalue weighted by atomic mass is 16.5. The van der Waals surface area contributed by atoms with Gasteiger partial charge in [0.25, 0.3) is 0 Å². The Balaban J connectivity index is 1.57. The molecule has 2 aromatic carbocycles. The Morgan fingerprint density at radius 1 is 0.907 bits per heavy atom. The van der Waals surface area contributed by atoms with E-state index in [-0.39, 0.29) is 32.0 Å². The molecule has 0 fully saturated rings. The summed E-state index contributed by atoms with van der Waals surface area (Å²) in [6.45, 7) is 2.18. The summed E-state index contributed by atoms with van der Waals surface area (Å²) in [7, 11) is 2.97. The number of urea groups is 1. The van der Waals surface area contributed by atoms with Gasteiger partial charge in [0.2, 0.25) is 11.8 Å². The van der Waals surface area contributed by atoms with Crippen molar-refractivity contribution >= 4 is 40.9 Å². The Morgan fingerprint density at radius 3 is 2.35 bits per heavy atom. The topological polar surface area (TPSA) is 177 Å². The average molecular weight is 594 g/mol. The van der Waals surface area contributed by atoms with Crippen LogP contribution in [0.4, 0.5) is 21.9 Å². The van der Waals surface area contributed by atoms with Crippen molar-refractivity contribution in [3.63, 3.8) is 0 Å². The van der Waals surface area contributed by atoms with Crippen LogP contribution in [0.25, 0.3) is 0 Å². The number of methoxy groups -OCH3 is 2. The zero-order valence-electron chi connectivity index (χ0n) is 24.1. The number of carboxylic acid groups (broad SMARTS) is 1. The maximum atomic E-state index is 12.7. The van der Waals surface area contributed by atoms with Gasteiger partial charge in [0.1, 0.15) is 12.4 Å². The average Bonchev–Trinajstić information content (AvgIpc) is 2.97. The first-order valence-electron chi connectivity index (χ1n) is 13.3. The van der Waals surface area contributed by atoms with Crippen molar-refractivity contribution < 1.29 is 38.5 Å². The molecule has 4 amide bonds. The van der Waals surface area contributed by atoms with E-state index in [1.165, 1.54) is 26.5 Å². The van der Waals surface area contributed by atoms with Crippen LogP contribution in [0.5, 0.6) is 5.75 Å². The molecule has 5 N–H and O–H groups in total. The molecule has 43 heavy (non-hydrogen) atoms. The second-order valence-electron chi connectivity index (χ2n) is 9.39. The smallest absolute Gasteiger partial charge is 0.323 e. The van der Waals surface area contributed by atoms with Crippen LogP contribution in [0, 0.1) is 6.92 Å². The minimum atomic E-state index is -1.12. The molecule has 13 nitrogen and oxygen atoms in total. The molecule has 13 heteroatoms. The third-order valence-electron chi connectivity index (χ3n) is 6.08. The van der Waals surface area contributed by atoms with E-state index < -0.39 is 23.9 Å². The second kappa shape index (κ2) is 16.4. The Bertz CT molecular complexity index is 1410. The fraction of sp³-hybridized carbons (Fsp3) is 0.300. The summed E-state index contributed by atoms with van der Waals surface area (Å²) in [4.78, 5) is 53.0. The number of nitrogens with zero attached hydrogens (tertiary/aromatic N) is 1. The predicted octanol–water partition coefficient (Wildman–Crippen LogP) is 3.52. The number of nitrogens with one attached hydrogen (secondary N) is 4. The number of ether oxygens (including phenoxy) is 3. The van der Waals surface area contributed by atoms with Crippen molar-refractivity contribution in [1.29, 1.82) is 0 Å².